The Balaban J connectivity index is 1.53. The molecule has 1 aromatic rings. The Labute approximate surface area is 132 Å². The van der Waals surface area contributed by atoms with Crippen molar-refractivity contribution < 1.29 is 4.74 Å². The number of morpholine rings is 1. The van der Waals surface area contributed by atoms with Gasteiger partial charge in [0, 0.05) is 37.5 Å². The van der Waals surface area contributed by atoms with Crippen LogP contribution in [0.5, 0.6) is 0 Å². The van der Waals surface area contributed by atoms with Gasteiger partial charge in [0.25, 0.3) is 0 Å². The summed E-state index contributed by atoms with van der Waals surface area (Å²) in [5.74, 6) is 0.745. The average molecular weight is 309 g/mol. The third kappa shape index (κ3) is 4.25. The van der Waals surface area contributed by atoms with E-state index in [-0.39, 0.29) is 0 Å². The van der Waals surface area contributed by atoms with Gasteiger partial charge in [-0.3, -0.25) is 4.90 Å². The normalized spacial score (nSPS) is 25.0. The largest absolute Gasteiger partial charge is 0.374 e. The van der Waals surface area contributed by atoms with Gasteiger partial charge in [-0.15, -0.1) is 11.3 Å². The summed E-state index contributed by atoms with van der Waals surface area (Å²) in [6, 6.07) is 0. The van der Waals surface area contributed by atoms with E-state index in [1.165, 1.54) is 36.4 Å². The molecule has 0 radical (unpaired) electrons. The second-order valence-corrected chi connectivity index (χ2v) is 7.54. The van der Waals surface area contributed by atoms with Crippen molar-refractivity contribution in [2.24, 2.45) is 0 Å². The number of rotatable bonds is 5. The summed E-state index contributed by atoms with van der Waals surface area (Å²) >= 11 is 1.87. The van der Waals surface area contributed by atoms with Crippen LogP contribution < -0.4 is 0 Å². The third-order valence-corrected chi connectivity index (χ3v) is 5.51. The first-order valence-corrected chi connectivity index (χ1v) is 9.01. The highest BCUT2D eigenvalue weighted by Crippen LogP contribution is 2.35. The molecule has 5 heteroatoms. The van der Waals surface area contributed by atoms with Crippen molar-refractivity contribution in [2.45, 2.75) is 44.2 Å². The monoisotopic (exact) mass is 309 g/mol. The van der Waals surface area contributed by atoms with E-state index in [2.05, 4.69) is 29.3 Å². The molecular weight excluding hydrogens is 282 g/mol. The van der Waals surface area contributed by atoms with Crippen LogP contribution in [0, 0.1) is 0 Å². The van der Waals surface area contributed by atoms with Gasteiger partial charge < -0.3 is 9.64 Å². The number of aromatic nitrogens is 1. The van der Waals surface area contributed by atoms with E-state index in [9.17, 15) is 0 Å². The van der Waals surface area contributed by atoms with Crippen molar-refractivity contribution in [3.8, 4) is 0 Å². The van der Waals surface area contributed by atoms with E-state index in [1.54, 1.807) is 0 Å². The Kier molecular flexibility index (Phi) is 5.27. The maximum atomic E-state index is 5.84. The molecule has 1 aromatic heterocycles. The van der Waals surface area contributed by atoms with Crippen LogP contribution >= 0.6 is 11.3 Å². The van der Waals surface area contributed by atoms with Crippen LogP contribution in [-0.2, 0) is 11.3 Å². The molecule has 2 fully saturated rings. The predicted molar refractivity (Wildman–Crippen MR) is 86.9 cm³/mol. The zero-order chi connectivity index (χ0) is 14.7. The number of likely N-dealkylation sites (N-methyl/N-ethyl adjacent to an activating group) is 1. The molecule has 1 aliphatic heterocycles. The molecule has 0 aromatic carbocycles. The maximum absolute atomic E-state index is 5.84. The molecule has 21 heavy (non-hydrogen) atoms. The summed E-state index contributed by atoms with van der Waals surface area (Å²) in [5, 5.41) is 3.64. The zero-order valence-corrected chi connectivity index (χ0v) is 14.1. The Morgan fingerprint density at radius 3 is 2.95 bits per heavy atom. The number of hydrogen-bond donors (Lipinski definition) is 0. The van der Waals surface area contributed by atoms with Gasteiger partial charge in [0.15, 0.2) is 0 Å². The minimum atomic E-state index is 0.335. The van der Waals surface area contributed by atoms with Gasteiger partial charge >= 0.3 is 0 Å². The molecule has 2 heterocycles. The molecule has 118 valence electrons. The Morgan fingerprint density at radius 2 is 2.19 bits per heavy atom. The molecule has 0 amide bonds. The van der Waals surface area contributed by atoms with E-state index >= 15 is 0 Å². The highest BCUT2D eigenvalue weighted by molar-refractivity contribution is 7.09. The first-order chi connectivity index (χ1) is 10.2. The van der Waals surface area contributed by atoms with Crippen LogP contribution in [0.1, 0.15) is 42.3 Å². The summed E-state index contributed by atoms with van der Waals surface area (Å²) in [5.41, 5.74) is 1.26. The average Bonchev–Trinajstić information content (AvgIpc) is 3.08. The first kappa shape index (κ1) is 15.4. The summed E-state index contributed by atoms with van der Waals surface area (Å²) < 4.78 is 5.84. The molecule has 0 bridgehead atoms. The second-order valence-electron chi connectivity index (χ2n) is 6.65. The number of nitrogens with zero attached hydrogens (tertiary/aromatic N) is 3. The van der Waals surface area contributed by atoms with Crippen LogP contribution in [0.15, 0.2) is 5.38 Å². The van der Waals surface area contributed by atoms with Crippen molar-refractivity contribution >= 4 is 11.3 Å². The van der Waals surface area contributed by atoms with Crippen LogP contribution in [0.4, 0.5) is 0 Å². The molecule has 1 aliphatic carbocycles. The van der Waals surface area contributed by atoms with Crippen molar-refractivity contribution in [3.63, 3.8) is 0 Å². The van der Waals surface area contributed by atoms with E-state index in [4.69, 9.17) is 9.72 Å². The van der Waals surface area contributed by atoms with Gasteiger partial charge in [0.2, 0.25) is 0 Å². The van der Waals surface area contributed by atoms with Gasteiger partial charge in [-0.1, -0.05) is 12.8 Å². The first-order valence-electron chi connectivity index (χ1n) is 8.13. The van der Waals surface area contributed by atoms with E-state index in [1.807, 2.05) is 11.3 Å². The quantitative estimate of drug-likeness (QED) is 0.836. The van der Waals surface area contributed by atoms with Crippen LogP contribution in [0.2, 0.25) is 0 Å². The highest BCUT2D eigenvalue weighted by Gasteiger charge is 2.23. The van der Waals surface area contributed by atoms with Crippen molar-refractivity contribution in [1.29, 1.82) is 0 Å². The molecule has 0 N–H and O–H groups in total. The van der Waals surface area contributed by atoms with Gasteiger partial charge in [-0.25, -0.2) is 4.98 Å². The number of thiazole rings is 1. The number of hydrogen-bond acceptors (Lipinski definition) is 5. The maximum Gasteiger partial charge on any atom is 0.0959 e. The fraction of sp³-hybridized carbons (Fsp3) is 0.812. The lowest BCUT2D eigenvalue weighted by molar-refractivity contribution is -0.0409. The van der Waals surface area contributed by atoms with Crippen molar-refractivity contribution in [3.05, 3.63) is 16.1 Å². The van der Waals surface area contributed by atoms with Crippen molar-refractivity contribution in [1.82, 2.24) is 14.8 Å². The van der Waals surface area contributed by atoms with E-state index in [0.717, 1.165) is 38.7 Å². The molecular formula is C16H27N3OS. The SMILES string of the molecule is CN(C)CC1CN(Cc2csc(C3CCCC3)n2)CCO1. The zero-order valence-electron chi connectivity index (χ0n) is 13.3. The second kappa shape index (κ2) is 7.18. The smallest absolute Gasteiger partial charge is 0.0959 e. The molecule has 3 rings (SSSR count). The van der Waals surface area contributed by atoms with Crippen LogP contribution in [0.25, 0.3) is 0 Å². The standard InChI is InChI=1S/C16H27N3OS/c1-18(2)10-15-11-19(7-8-20-15)9-14-12-21-16(17-14)13-5-3-4-6-13/h12-13,15H,3-11H2,1-2H3. The number of ether oxygens (including phenoxy) is 1. The molecule has 1 saturated carbocycles. The van der Waals surface area contributed by atoms with Gasteiger partial charge in [0.05, 0.1) is 23.4 Å². The van der Waals surface area contributed by atoms with Crippen LogP contribution in [-0.4, -0.2) is 61.2 Å². The van der Waals surface area contributed by atoms with Crippen LogP contribution in [0.3, 0.4) is 0 Å². The summed E-state index contributed by atoms with van der Waals surface area (Å²) in [6.45, 7) is 4.88. The molecule has 1 atom stereocenters. The Morgan fingerprint density at radius 1 is 1.38 bits per heavy atom. The van der Waals surface area contributed by atoms with Gasteiger partial charge in [-0.2, -0.15) is 0 Å². The van der Waals surface area contributed by atoms with Crippen molar-refractivity contribution in [2.75, 3.05) is 40.3 Å². The molecule has 4 nitrogen and oxygen atoms in total. The molecule has 2 aliphatic rings. The summed E-state index contributed by atoms with van der Waals surface area (Å²) in [4.78, 5) is 9.59. The molecule has 1 saturated heterocycles. The molecule has 0 spiro atoms. The fourth-order valence-corrected chi connectivity index (χ4v) is 4.41. The fourth-order valence-electron chi connectivity index (χ4n) is 3.43. The Hall–Kier alpha value is -0.490. The third-order valence-electron chi connectivity index (χ3n) is 4.45. The minimum Gasteiger partial charge on any atom is -0.374 e. The molecule has 1 unspecified atom stereocenters. The lowest BCUT2D eigenvalue weighted by Crippen LogP contribution is -2.46. The summed E-state index contributed by atoms with van der Waals surface area (Å²) in [7, 11) is 4.22. The van der Waals surface area contributed by atoms with Gasteiger partial charge in [-0.05, 0) is 26.9 Å². The van der Waals surface area contributed by atoms with E-state index < -0.39 is 0 Å². The topological polar surface area (TPSA) is 28.6 Å². The van der Waals surface area contributed by atoms with E-state index in [0.29, 0.717) is 6.10 Å². The Bertz CT molecular complexity index is 442. The highest BCUT2D eigenvalue weighted by atomic mass is 32.1. The lowest BCUT2D eigenvalue weighted by Gasteiger charge is -2.33. The van der Waals surface area contributed by atoms with Gasteiger partial charge in [0.1, 0.15) is 0 Å². The predicted octanol–water partition coefficient (Wildman–Crippen LogP) is 2.56. The summed E-state index contributed by atoms with van der Waals surface area (Å²) in [6.07, 6.45) is 5.79. The minimum absolute atomic E-state index is 0.335. The lowest BCUT2D eigenvalue weighted by atomic mass is 10.1.